The molecule has 1 unspecified atom stereocenters. The van der Waals surface area contributed by atoms with E-state index in [1.807, 2.05) is 55.8 Å². The first kappa shape index (κ1) is 22.8. The number of carbonyl (C=O) groups is 2. The molecule has 166 valence electrons. The summed E-state index contributed by atoms with van der Waals surface area (Å²) in [6.07, 6.45) is 3.91. The predicted octanol–water partition coefficient (Wildman–Crippen LogP) is 3.97. The Morgan fingerprint density at radius 2 is 2.06 bits per heavy atom. The number of benzene rings is 1. The number of hydrogen-bond acceptors (Lipinski definition) is 5. The van der Waals surface area contributed by atoms with Gasteiger partial charge in [-0.2, -0.15) is 5.26 Å². The molecule has 0 bridgehead atoms. The maximum absolute atomic E-state index is 13.1. The summed E-state index contributed by atoms with van der Waals surface area (Å²) in [5, 5.41) is 12.7. The fraction of sp³-hybridized carbons (Fsp3) is 0.542. The minimum atomic E-state index is -0.512. The summed E-state index contributed by atoms with van der Waals surface area (Å²) >= 11 is 0. The highest BCUT2D eigenvalue weighted by molar-refractivity contribution is 6.09. The SMILES string of the molecule is CC(C)(C)OC(=O)NCC1CCCN(CC(=O)c2cn(CCC#N)c3ccccc23)C1. The Labute approximate surface area is 184 Å². The number of aromatic nitrogens is 1. The smallest absolute Gasteiger partial charge is 0.407 e. The maximum atomic E-state index is 13.1. The van der Waals surface area contributed by atoms with Crippen LogP contribution in [0.15, 0.2) is 30.5 Å². The van der Waals surface area contributed by atoms with E-state index in [-0.39, 0.29) is 5.78 Å². The van der Waals surface area contributed by atoms with Gasteiger partial charge >= 0.3 is 6.09 Å². The number of nitriles is 1. The normalized spacial score (nSPS) is 17.3. The summed E-state index contributed by atoms with van der Waals surface area (Å²) in [5.41, 5.74) is 1.18. The molecule has 7 heteroatoms. The van der Waals surface area contributed by atoms with Gasteiger partial charge in [-0.25, -0.2) is 4.79 Å². The minimum absolute atomic E-state index is 0.0904. The van der Waals surface area contributed by atoms with Crippen molar-refractivity contribution in [1.29, 1.82) is 5.26 Å². The average Bonchev–Trinajstić information content (AvgIpc) is 3.09. The molecule has 3 rings (SSSR count). The molecule has 0 saturated carbocycles. The Morgan fingerprint density at radius 3 is 2.81 bits per heavy atom. The van der Waals surface area contributed by atoms with Crippen molar-refractivity contribution in [3.05, 3.63) is 36.0 Å². The van der Waals surface area contributed by atoms with E-state index in [9.17, 15) is 9.59 Å². The molecular weight excluding hydrogens is 392 g/mol. The third kappa shape index (κ3) is 6.31. The van der Waals surface area contributed by atoms with Gasteiger partial charge in [0.25, 0.3) is 0 Å². The van der Waals surface area contributed by atoms with Crippen LogP contribution in [0.3, 0.4) is 0 Å². The van der Waals surface area contributed by atoms with Crippen molar-refractivity contribution in [2.75, 3.05) is 26.2 Å². The van der Waals surface area contributed by atoms with Crippen LogP contribution in [0.1, 0.15) is 50.4 Å². The van der Waals surface area contributed by atoms with Crippen LogP contribution < -0.4 is 5.32 Å². The lowest BCUT2D eigenvalue weighted by Crippen LogP contribution is -2.43. The van der Waals surface area contributed by atoms with Crippen molar-refractivity contribution in [2.45, 2.75) is 52.2 Å². The summed E-state index contributed by atoms with van der Waals surface area (Å²) in [7, 11) is 0. The Bertz CT molecular complexity index is 967. The van der Waals surface area contributed by atoms with Gasteiger partial charge in [-0.15, -0.1) is 0 Å². The highest BCUT2D eigenvalue weighted by atomic mass is 16.6. The number of ketones is 1. The fourth-order valence-electron chi connectivity index (χ4n) is 4.12. The van der Waals surface area contributed by atoms with Crippen molar-refractivity contribution >= 4 is 22.8 Å². The molecule has 1 aromatic heterocycles. The maximum Gasteiger partial charge on any atom is 0.407 e. The van der Waals surface area contributed by atoms with Crippen LogP contribution in [0.5, 0.6) is 0 Å². The molecule has 2 heterocycles. The zero-order valence-electron chi connectivity index (χ0n) is 18.7. The Morgan fingerprint density at radius 1 is 1.29 bits per heavy atom. The van der Waals surface area contributed by atoms with Gasteiger partial charge in [0, 0.05) is 42.3 Å². The summed E-state index contributed by atoms with van der Waals surface area (Å²) in [6.45, 7) is 8.67. The van der Waals surface area contributed by atoms with Gasteiger partial charge in [0.15, 0.2) is 5.78 Å². The number of carbonyl (C=O) groups excluding carboxylic acids is 2. The molecule has 31 heavy (non-hydrogen) atoms. The number of para-hydroxylation sites is 1. The van der Waals surface area contributed by atoms with E-state index in [0.29, 0.717) is 37.5 Å². The van der Waals surface area contributed by atoms with Gasteiger partial charge in [-0.05, 0) is 52.1 Å². The molecule has 1 saturated heterocycles. The molecule has 1 fully saturated rings. The molecule has 0 spiro atoms. The fourth-order valence-corrected chi connectivity index (χ4v) is 4.12. The monoisotopic (exact) mass is 424 g/mol. The van der Waals surface area contributed by atoms with E-state index in [1.165, 1.54) is 0 Å². The third-order valence-electron chi connectivity index (χ3n) is 5.46. The summed E-state index contributed by atoms with van der Waals surface area (Å²) in [6, 6.07) is 10.0. The standard InChI is InChI=1S/C24H32N4O3/c1-24(2,3)31-23(30)26-14-18-8-6-12-27(15-18)17-22(29)20-16-28(13-7-11-25)21-10-5-4-9-19(20)21/h4-5,9-10,16,18H,6-8,12-15,17H2,1-3H3,(H,26,30). The van der Waals surface area contributed by atoms with Crippen molar-refractivity contribution < 1.29 is 14.3 Å². The highest BCUT2D eigenvalue weighted by Gasteiger charge is 2.25. The van der Waals surface area contributed by atoms with Gasteiger partial charge in [0.2, 0.25) is 0 Å². The van der Waals surface area contributed by atoms with E-state index >= 15 is 0 Å². The number of amides is 1. The topological polar surface area (TPSA) is 87.4 Å². The Kier molecular flexibility index (Phi) is 7.34. The first-order chi connectivity index (χ1) is 14.8. The summed E-state index contributed by atoms with van der Waals surface area (Å²) in [5.74, 6) is 0.388. The number of piperidine rings is 1. The molecule has 7 nitrogen and oxygen atoms in total. The zero-order valence-corrected chi connectivity index (χ0v) is 18.7. The second-order valence-electron chi connectivity index (χ2n) is 9.21. The van der Waals surface area contributed by atoms with Crippen LogP contribution in [0.25, 0.3) is 10.9 Å². The van der Waals surface area contributed by atoms with E-state index < -0.39 is 11.7 Å². The number of Topliss-reactive ketones (excluding diaryl/α,β-unsaturated/α-hetero) is 1. The first-order valence-corrected chi connectivity index (χ1v) is 10.9. The number of aryl methyl sites for hydroxylation is 1. The van der Waals surface area contributed by atoms with Crippen molar-refractivity contribution in [1.82, 2.24) is 14.8 Å². The molecule has 1 aliphatic heterocycles. The van der Waals surface area contributed by atoms with Crippen LogP contribution in [0.2, 0.25) is 0 Å². The van der Waals surface area contributed by atoms with Crippen LogP contribution in [0, 0.1) is 17.2 Å². The number of fused-ring (bicyclic) bond motifs is 1. The van der Waals surface area contributed by atoms with E-state index in [4.69, 9.17) is 10.00 Å². The summed E-state index contributed by atoms with van der Waals surface area (Å²) in [4.78, 5) is 27.2. The van der Waals surface area contributed by atoms with Crippen LogP contribution in [-0.2, 0) is 11.3 Å². The largest absolute Gasteiger partial charge is 0.444 e. The number of nitrogens with zero attached hydrogens (tertiary/aromatic N) is 3. The highest BCUT2D eigenvalue weighted by Crippen LogP contribution is 2.23. The number of alkyl carbamates (subject to hydrolysis) is 1. The number of hydrogen-bond donors (Lipinski definition) is 1. The van der Waals surface area contributed by atoms with E-state index in [1.54, 1.807) is 0 Å². The van der Waals surface area contributed by atoms with Crippen LogP contribution in [-0.4, -0.2) is 53.1 Å². The molecule has 1 aliphatic rings. The summed E-state index contributed by atoms with van der Waals surface area (Å²) < 4.78 is 7.30. The van der Waals surface area contributed by atoms with Crippen LogP contribution >= 0.6 is 0 Å². The molecule has 1 atom stereocenters. The van der Waals surface area contributed by atoms with E-state index in [0.717, 1.165) is 36.8 Å². The van der Waals surface area contributed by atoms with E-state index in [2.05, 4.69) is 16.3 Å². The molecular formula is C24H32N4O3. The van der Waals surface area contributed by atoms with Crippen molar-refractivity contribution in [3.8, 4) is 6.07 Å². The quantitative estimate of drug-likeness (QED) is 0.680. The second kappa shape index (κ2) is 9.97. The molecule has 0 radical (unpaired) electrons. The molecule has 0 aliphatic carbocycles. The van der Waals surface area contributed by atoms with Gasteiger partial charge in [0.05, 0.1) is 19.0 Å². The lowest BCUT2D eigenvalue weighted by molar-refractivity contribution is 0.0504. The number of likely N-dealkylation sites (tertiary alicyclic amines) is 1. The molecule has 1 amide bonds. The van der Waals surface area contributed by atoms with Gasteiger partial charge < -0.3 is 14.6 Å². The average molecular weight is 425 g/mol. The lowest BCUT2D eigenvalue weighted by atomic mass is 9.97. The first-order valence-electron chi connectivity index (χ1n) is 10.9. The molecule has 1 N–H and O–H groups in total. The molecule has 1 aromatic carbocycles. The Hall–Kier alpha value is -2.85. The van der Waals surface area contributed by atoms with Crippen LogP contribution in [0.4, 0.5) is 4.79 Å². The van der Waals surface area contributed by atoms with Crippen molar-refractivity contribution in [2.24, 2.45) is 5.92 Å². The zero-order chi connectivity index (χ0) is 22.4. The number of ether oxygens (including phenoxy) is 1. The van der Waals surface area contributed by atoms with Gasteiger partial charge in [-0.3, -0.25) is 9.69 Å². The number of rotatable bonds is 7. The molecule has 2 aromatic rings. The predicted molar refractivity (Wildman–Crippen MR) is 120 cm³/mol. The third-order valence-corrected chi connectivity index (χ3v) is 5.46. The second-order valence-corrected chi connectivity index (χ2v) is 9.21. The van der Waals surface area contributed by atoms with Gasteiger partial charge in [0.1, 0.15) is 5.60 Å². The lowest BCUT2D eigenvalue weighted by Gasteiger charge is -2.32. The minimum Gasteiger partial charge on any atom is -0.444 e. The number of nitrogens with one attached hydrogen (secondary N) is 1. The Balaban J connectivity index is 1.60. The van der Waals surface area contributed by atoms with Gasteiger partial charge in [-0.1, -0.05) is 18.2 Å². The van der Waals surface area contributed by atoms with Crippen molar-refractivity contribution in [3.63, 3.8) is 0 Å².